The van der Waals surface area contributed by atoms with Gasteiger partial charge in [-0.3, -0.25) is 0 Å². The molecule has 5 atom stereocenters. The zero-order valence-corrected chi connectivity index (χ0v) is 21.9. The number of esters is 1. The van der Waals surface area contributed by atoms with Gasteiger partial charge in [0.2, 0.25) is 6.29 Å². The molecule has 3 aromatic carbocycles. The number of phenolic OH excluding ortho intramolecular Hbond substituents is 3. The molecule has 0 aliphatic carbocycles. The molecule has 3 aromatic rings. The maximum Gasteiger partial charge on any atom is 0.330 e. The summed E-state index contributed by atoms with van der Waals surface area (Å²) >= 11 is 0. The number of aliphatic hydroxyl groups excluding tert-OH is 3. The zero-order chi connectivity index (χ0) is 29.5. The Bertz CT molecular complexity index is 1400. The minimum atomic E-state index is -1.68. The van der Waals surface area contributed by atoms with Gasteiger partial charge >= 0.3 is 5.97 Å². The number of aliphatic hydroxyl groups is 3. The van der Waals surface area contributed by atoms with Crippen molar-refractivity contribution in [2.75, 3.05) is 13.7 Å². The minimum Gasteiger partial charge on any atom is -0.508 e. The van der Waals surface area contributed by atoms with Gasteiger partial charge in [0.15, 0.2) is 11.5 Å². The molecular formula is C30H30O11. The molecule has 6 N–H and O–H groups in total. The smallest absolute Gasteiger partial charge is 0.330 e. The minimum absolute atomic E-state index is 0.0349. The van der Waals surface area contributed by atoms with Gasteiger partial charge in [-0.05, 0) is 59.2 Å². The molecule has 11 nitrogen and oxygen atoms in total. The lowest BCUT2D eigenvalue weighted by molar-refractivity contribution is -0.278. The molecular weight excluding hydrogens is 536 g/mol. The Balaban J connectivity index is 1.40. The van der Waals surface area contributed by atoms with E-state index in [4.69, 9.17) is 18.9 Å². The van der Waals surface area contributed by atoms with E-state index in [1.54, 1.807) is 36.4 Å². The Morgan fingerprint density at radius 1 is 0.805 bits per heavy atom. The number of carbonyl (C=O) groups excluding carboxylic acids is 1. The second-order valence-corrected chi connectivity index (χ2v) is 9.21. The Morgan fingerprint density at radius 3 is 2.22 bits per heavy atom. The molecule has 1 saturated heterocycles. The van der Waals surface area contributed by atoms with Crippen molar-refractivity contribution in [3.05, 3.63) is 83.4 Å². The SMILES string of the molecule is COc1ccc(C=Cc2cc(O)cc(O[C@@H]3O[C@H](COC(=O)C=Cc4ccc(O)cc4)[C@@H](O)[C@H](O)[C@H]3O)c2)cc1O. The highest BCUT2D eigenvalue weighted by atomic mass is 16.7. The van der Waals surface area contributed by atoms with E-state index in [2.05, 4.69) is 0 Å². The summed E-state index contributed by atoms with van der Waals surface area (Å²) in [5.41, 5.74) is 1.81. The van der Waals surface area contributed by atoms with Crippen molar-refractivity contribution in [1.29, 1.82) is 0 Å². The van der Waals surface area contributed by atoms with Crippen LogP contribution in [0.15, 0.2) is 66.7 Å². The average Bonchev–Trinajstić information content (AvgIpc) is 2.95. The summed E-state index contributed by atoms with van der Waals surface area (Å²) in [5.74, 6) is -0.446. The predicted octanol–water partition coefficient (Wildman–Crippen LogP) is 2.43. The molecule has 0 spiro atoms. The molecule has 0 radical (unpaired) electrons. The Morgan fingerprint density at radius 2 is 1.51 bits per heavy atom. The summed E-state index contributed by atoms with van der Waals surface area (Å²) < 4.78 is 21.5. The lowest BCUT2D eigenvalue weighted by Crippen LogP contribution is -2.60. The summed E-state index contributed by atoms with van der Waals surface area (Å²) in [4.78, 5) is 12.1. The van der Waals surface area contributed by atoms with E-state index in [0.29, 0.717) is 22.4 Å². The van der Waals surface area contributed by atoms with Crippen LogP contribution in [0.5, 0.6) is 28.7 Å². The molecule has 0 saturated carbocycles. The highest BCUT2D eigenvalue weighted by Crippen LogP contribution is 2.30. The van der Waals surface area contributed by atoms with Crippen molar-refractivity contribution < 1.29 is 54.4 Å². The predicted molar refractivity (Wildman–Crippen MR) is 147 cm³/mol. The molecule has 0 aromatic heterocycles. The van der Waals surface area contributed by atoms with Gasteiger partial charge in [0.05, 0.1) is 7.11 Å². The van der Waals surface area contributed by atoms with Crippen molar-refractivity contribution >= 4 is 24.2 Å². The fourth-order valence-electron chi connectivity index (χ4n) is 4.02. The fraction of sp³-hybridized carbons (Fsp3) is 0.233. The van der Waals surface area contributed by atoms with Gasteiger partial charge in [0, 0.05) is 12.1 Å². The van der Waals surface area contributed by atoms with Gasteiger partial charge in [-0.1, -0.05) is 30.4 Å². The van der Waals surface area contributed by atoms with E-state index in [0.717, 1.165) is 6.08 Å². The van der Waals surface area contributed by atoms with Gasteiger partial charge in [-0.2, -0.15) is 0 Å². The van der Waals surface area contributed by atoms with Crippen molar-refractivity contribution in [3.63, 3.8) is 0 Å². The highest BCUT2D eigenvalue weighted by molar-refractivity contribution is 5.87. The second-order valence-electron chi connectivity index (χ2n) is 9.21. The van der Waals surface area contributed by atoms with E-state index in [9.17, 15) is 35.4 Å². The van der Waals surface area contributed by atoms with Crippen LogP contribution in [-0.4, -0.2) is 81.0 Å². The first kappa shape index (κ1) is 29.4. The van der Waals surface area contributed by atoms with Gasteiger partial charge in [0.1, 0.15) is 48.3 Å². The summed E-state index contributed by atoms with van der Waals surface area (Å²) in [5, 5.41) is 60.7. The molecule has 4 rings (SSSR count). The summed E-state index contributed by atoms with van der Waals surface area (Å²) in [6, 6.07) is 15.2. The monoisotopic (exact) mass is 566 g/mol. The van der Waals surface area contributed by atoms with E-state index in [1.807, 2.05) is 0 Å². The van der Waals surface area contributed by atoms with Gasteiger partial charge < -0.3 is 49.6 Å². The van der Waals surface area contributed by atoms with Gasteiger partial charge in [0.25, 0.3) is 0 Å². The summed E-state index contributed by atoms with van der Waals surface area (Å²) in [6.45, 7) is -0.452. The topological polar surface area (TPSA) is 175 Å². The maximum atomic E-state index is 12.1. The maximum absolute atomic E-state index is 12.1. The third-order valence-electron chi connectivity index (χ3n) is 6.20. The number of aromatic hydroxyl groups is 3. The van der Waals surface area contributed by atoms with E-state index >= 15 is 0 Å². The number of hydrogen-bond acceptors (Lipinski definition) is 11. The van der Waals surface area contributed by atoms with Crippen molar-refractivity contribution in [2.24, 2.45) is 0 Å². The quantitative estimate of drug-likeness (QED) is 0.127. The van der Waals surface area contributed by atoms with Crippen LogP contribution in [0.3, 0.4) is 0 Å². The van der Waals surface area contributed by atoms with E-state index in [1.165, 1.54) is 49.6 Å². The molecule has 41 heavy (non-hydrogen) atoms. The van der Waals surface area contributed by atoms with Crippen LogP contribution in [0.4, 0.5) is 0 Å². The summed E-state index contributed by atoms with van der Waals surface area (Å²) in [6.07, 6.45) is -1.67. The molecule has 1 heterocycles. The zero-order valence-electron chi connectivity index (χ0n) is 21.9. The number of carbonyl (C=O) groups is 1. The number of benzene rings is 3. The number of phenols is 3. The normalized spacial score (nSPS) is 22.6. The van der Waals surface area contributed by atoms with E-state index < -0.39 is 43.3 Å². The van der Waals surface area contributed by atoms with Crippen molar-refractivity contribution in [1.82, 2.24) is 0 Å². The van der Waals surface area contributed by atoms with Crippen LogP contribution in [-0.2, 0) is 14.3 Å². The first-order valence-electron chi connectivity index (χ1n) is 12.5. The lowest BCUT2D eigenvalue weighted by atomic mass is 9.99. The molecule has 216 valence electrons. The second kappa shape index (κ2) is 13.2. The third kappa shape index (κ3) is 7.77. The number of methoxy groups -OCH3 is 1. The van der Waals surface area contributed by atoms with E-state index in [-0.39, 0.29) is 23.0 Å². The Labute approximate surface area is 235 Å². The van der Waals surface area contributed by atoms with Gasteiger partial charge in [-0.25, -0.2) is 4.79 Å². The van der Waals surface area contributed by atoms with Gasteiger partial charge in [-0.15, -0.1) is 0 Å². The molecule has 1 aliphatic heterocycles. The first-order valence-corrected chi connectivity index (χ1v) is 12.5. The highest BCUT2D eigenvalue weighted by Gasteiger charge is 2.45. The van der Waals surface area contributed by atoms with Crippen LogP contribution in [0.1, 0.15) is 16.7 Å². The molecule has 1 aliphatic rings. The lowest BCUT2D eigenvalue weighted by Gasteiger charge is -2.39. The van der Waals surface area contributed by atoms with Crippen molar-refractivity contribution in [2.45, 2.75) is 30.7 Å². The Kier molecular flexibility index (Phi) is 9.48. The van der Waals surface area contributed by atoms with Crippen LogP contribution < -0.4 is 9.47 Å². The van der Waals surface area contributed by atoms with Crippen molar-refractivity contribution in [3.8, 4) is 28.7 Å². The van der Waals surface area contributed by atoms with Crippen LogP contribution >= 0.6 is 0 Å². The molecule has 1 fully saturated rings. The standard InChI is InChI=1S/C30H30O11/c1-38-24-10-6-18(14-23(24)33)2-3-19-12-21(32)15-22(13-19)40-30-29(37)28(36)27(35)25(41-30)16-39-26(34)11-7-17-4-8-20(31)9-5-17/h2-15,25,27-33,35-37H,16H2,1H3/t25-,27-,28+,29-,30-/m1/s1. The van der Waals surface area contributed by atoms with Crippen LogP contribution in [0, 0.1) is 0 Å². The number of rotatable bonds is 9. The molecule has 0 unspecified atom stereocenters. The number of ether oxygens (including phenoxy) is 4. The Hall–Kier alpha value is -4.55. The largest absolute Gasteiger partial charge is 0.508 e. The fourth-order valence-corrected chi connectivity index (χ4v) is 4.02. The summed E-state index contributed by atoms with van der Waals surface area (Å²) in [7, 11) is 1.44. The molecule has 0 bridgehead atoms. The third-order valence-corrected chi connectivity index (χ3v) is 6.20. The van der Waals surface area contributed by atoms with Crippen LogP contribution in [0.2, 0.25) is 0 Å². The average molecular weight is 567 g/mol. The number of hydrogen-bond donors (Lipinski definition) is 6. The molecule has 11 heteroatoms. The van der Waals surface area contributed by atoms with Crippen LogP contribution in [0.25, 0.3) is 18.2 Å². The molecule has 0 amide bonds. The first-order chi connectivity index (χ1) is 19.6.